The molecule has 3 fully saturated rings. The number of halogens is 1. The number of ether oxygens (including phenoxy) is 1. The molecule has 12 nitrogen and oxygen atoms in total. The Morgan fingerprint density at radius 1 is 1.10 bits per heavy atom. The molecule has 2 saturated carbocycles. The highest BCUT2D eigenvalue weighted by molar-refractivity contribution is 7.91. The van der Waals surface area contributed by atoms with Gasteiger partial charge in [0.1, 0.15) is 23.5 Å². The second-order valence-corrected chi connectivity index (χ2v) is 17.8. The third-order valence-corrected chi connectivity index (χ3v) is 12.4. The second kappa shape index (κ2) is 14.2. The SMILES string of the molecule is CC(C)(C)CCN[C@H]1CCCCC/C=C\[C@@H]2C[C@@]2(C(=O)NS(=O)(=O)C2CC2)NC(=O)[C@@H]2C[C@@H](OC(=O)N3Cc4cccc(F)c4C3)CN2C1=O. The van der Waals surface area contributed by atoms with E-state index >= 15 is 0 Å². The number of amides is 4. The number of hydrogen-bond acceptors (Lipinski definition) is 8. The molecule has 6 rings (SSSR count). The average Bonchev–Trinajstić information content (AvgIpc) is 3.93. The Kier molecular flexibility index (Phi) is 10.3. The standard InChI is InChI=1S/C36H50FN5O7S/c1-35(2,3)16-17-38-29-13-8-6-4-5-7-11-24-19-36(24,33(45)40-50(47,48)26-14-15-26)39-31(43)30-18-25(21-42(30)32(29)44)49-34(46)41-20-23-10-9-12-28(37)27(23)22-41/h7,9-12,24-26,29-30,38H,4-6,8,13-22H2,1-3H3,(H,39,43)(H,40,45)/b11-7-/t24-,25-,29+,30+,36-/m1/s1. The molecular weight excluding hydrogens is 665 g/mol. The van der Waals surface area contributed by atoms with Gasteiger partial charge in [0.25, 0.3) is 5.91 Å². The van der Waals surface area contributed by atoms with Crippen molar-refractivity contribution in [1.29, 1.82) is 0 Å². The van der Waals surface area contributed by atoms with Crippen molar-refractivity contribution in [3.05, 3.63) is 47.3 Å². The molecule has 0 bridgehead atoms. The first-order chi connectivity index (χ1) is 23.7. The Labute approximate surface area is 294 Å². The number of benzene rings is 1. The van der Waals surface area contributed by atoms with Crippen LogP contribution in [0.1, 0.15) is 96.1 Å². The highest BCUT2D eigenvalue weighted by Gasteiger charge is 2.62. The fourth-order valence-electron chi connectivity index (χ4n) is 7.25. The van der Waals surface area contributed by atoms with Crippen LogP contribution in [-0.2, 0) is 42.2 Å². The third-order valence-electron chi connectivity index (χ3n) is 10.6. The fourth-order valence-corrected chi connectivity index (χ4v) is 8.62. The average molecular weight is 716 g/mol. The lowest BCUT2D eigenvalue weighted by Crippen LogP contribution is -2.58. The number of carbonyl (C=O) groups excluding carboxylic acids is 4. The van der Waals surface area contributed by atoms with Gasteiger partial charge in [-0.2, -0.15) is 0 Å². The predicted molar refractivity (Wildman–Crippen MR) is 183 cm³/mol. The van der Waals surface area contributed by atoms with Crippen molar-refractivity contribution in [2.24, 2.45) is 11.3 Å². The van der Waals surface area contributed by atoms with Gasteiger partial charge in [0.15, 0.2) is 0 Å². The molecule has 5 aliphatic rings. The van der Waals surface area contributed by atoms with Crippen LogP contribution in [0.5, 0.6) is 0 Å². The van der Waals surface area contributed by atoms with Crippen LogP contribution >= 0.6 is 0 Å². The van der Waals surface area contributed by atoms with Crippen LogP contribution in [0.4, 0.5) is 9.18 Å². The number of nitrogens with zero attached hydrogens (tertiary/aromatic N) is 2. The van der Waals surface area contributed by atoms with Crippen LogP contribution in [0.25, 0.3) is 0 Å². The molecule has 5 atom stereocenters. The summed E-state index contributed by atoms with van der Waals surface area (Å²) in [5.74, 6) is -2.48. The summed E-state index contributed by atoms with van der Waals surface area (Å²) in [7, 11) is -3.87. The van der Waals surface area contributed by atoms with E-state index in [2.05, 4.69) is 36.1 Å². The normalized spacial score (nSPS) is 29.5. The highest BCUT2D eigenvalue weighted by Crippen LogP contribution is 2.46. The maximum atomic E-state index is 14.4. The quantitative estimate of drug-likeness (QED) is 0.362. The maximum Gasteiger partial charge on any atom is 0.410 e. The molecule has 3 aliphatic heterocycles. The fraction of sp³-hybridized carbons (Fsp3) is 0.667. The molecule has 0 unspecified atom stereocenters. The Balaban J connectivity index is 1.23. The van der Waals surface area contributed by atoms with Gasteiger partial charge in [0, 0.05) is 24.4 Å². The lowest BCUT2D eigenvalue weighted by atomic mass is 9.92. The van der Waals surface area contributed by atoms with Crippen LogP contribution in [0.2, 0.25) is 0 Å². The zero-order valence-corrected chi connectivity index (χ0v) is 30.0. The maximum absolute atomic E-state index is 14.4. The van der Waals surface area contributed by atoms with Gasteiger partial charge in [0.05, 0.1) is 24.4 Å². The van der Waals surface area contributed by atoms with Gasteiger partial charge < -0.3 is 20.3 Å². The van der Waals surface area contributed by atoms with Gasteiger partial charge in [-0.3, -0.25) is 24.0 Å². The summed E-state index contributed by atoms with van der Waals surface area (Å²) >= 11 is 0. The second-order valence-electron chi connectivity index (χ2n) is 15.8. The number of rotatable bonds is 7. The van der Waals surface area contributed by atoms with Gasteiger partial charge in [0.2, 0.25) is 21.8 Å². The predicted octanol–water partition coefficient (Wildman–Crippen LogP) is 3.65. The molecule has 4 amide bonds. The molecule has 0 radical (unpaired) electrons. The Morgan fingerprint density at radius 2 is 1.88 bits per heavy atom. The molecule has 0 spiro atoms. The molecule has 1 aromatic rings. The van der Waals surface area contributed by atoms with Crippen LogP contribution in [0.3, 0.4) is 0 Å². The number of fused-ring (bicyclic) bond motifs is 3. The molecule has 1 saturated heterocycles. The van der Waals surface area contributed by atoms with Crippen LogP contribution in [0, 0.1) is 17.2 Å². The summed E-state index contributed by atoms with van der Waals surface area (Å²) in [5.41, 5.74) is -0.310. The van der Waals surface area contributed by atoms with Crippen LogP contribution in [0.15, 0.2) is 30.4 Å². The minimum atomic E-state index is -3.87. The Bertz CT molecular complexity index is 1640. The topological polar surface area (TPSA) is 154 Å². The van der Waals surface area contributed by atoms with Gasteiger partial charge in [-0.1, -0.05) is 57.9 Å². The first kappa shape index (κ1) is 36.3. The van der Waals surface area contributed by atoms with E-state index in [0.717, 1.165) is 32.1 Å². The van der Waals surface area contributed by atoms with Crippen molar-refractivity contribution >= 4 is 33.8 Å². The van der Waals surface area contributed by atoms with Crippen LogP contribution < -0.4 is 15.4 Å². The van der Waals surface area contributed by atoms with Gasteiger partial charge in [-0.25, -0.2) is 17.6 Å². The molecule has 0 aromatic heterocycles. The number of carbonyl (C=O) groups is 4. The van der Waals surface area contributed by atoms with Gasteiger partial charge in [-0.15, -0.1) is 0 Å². The molecule has 1 aromatic carbocycles. The number of hydrogen-bond donors (Lipinski definition) is 3. The summed E-state index contributed by atoms with van der Waals surface area (Å²) < 4.78 is 48.0. The van der Waals surface area contributed by atoms with Crippen molar-refractivity contribution in [3.8, 4) is 0 Å². The van der Waals surface area contributed by atoms with E-state index in [0.29, 0.717) is 36.9 Å². The Hall–Kier alpha value is -3.52. The smallest absolute Gasteiger partial charge is 0.410 e. The van der Waals surface area contributed by atoms with Crippen molar-refractivity contribution in [3.63, 3.8) is 0 Å². The van der Waals surface area contributed by atoms with E-state index in [1.807, 2.05) is 12.2 Å². The van der Waals surface area contributed by atoms with E-state index in [9.17, 15) is 32.0 Å². The summed E-state index contributed by atoms with van der Waals surface area (Å²) in [5, 5.41) is 5.68. The lowest BCUT2D eigenvalue weighted by molar-refractivity contribution is -0.141. The third kappa shape index (κ3) is 8.17. The van der Waals surface area contributed by atoms with Crippen molar-refractivity contribution < 1.29 is 36.7 Å². The van der Waals surface area contributed by atoms with Crippen molar-refractivity contribution in [1.82, 2.24) is 25.2 Å². The zero-order chi connectivity index (χ0) is 35.8. The summed E-state index contributed by atoms with van der Waals surface area (Å²) in [4.78, 5) is 58.3. The summed E-state index contributed by atoms with van der Waals surface area (Å²) in [6.45, 7) is 7.17. The van der Waals surface area contributed by atoms with E-state index < -0.39 is 68.6 Å². The molecule has 50 heavy (non-hydrogen) atoms. The minimum Gasteiger partial charge on any atom is -0.444 e. The van der Waals surface area contributed by atoms with E-state index in [1.54, 1.807) is 12.1 Å². The first-order valence-corrected chi connectivity index (χ1v) is 19.5. The summed E-state index contributed by atoms with van der Waals surface area (Å²) in [6, 6.07) is 3.06. The van der Waals surface area contributed by atoms with E-state index in [4.69, 9.17) is 4.74 Å². The molecule has 2 aliphatic carbocycles. The van der Waals surface area contributed by atoms with Crippen LogP contribution in [-0.4, -0.2) is 84.1 Å². The molecule has 3 heterocycles. The monoisotopic (exact) mass is 715 g/mol. The zero-order valence-electron chi connectivity index (χ0n) is 29.2. The highest BCUT2D eigenvalue weighted by atomic mass is 32.2. The molecule has 14 heteroatoms. The Morgan fingerprint density at radius 3 is 2.60 bits per heavy atom. The number of allylic oxidation sites excluding steroid dienone is 1. The van der Waals surface area contributed by atoms with E-state index in [-0.39, 0.29) is 43.8 Å². The molecular formula is C36H50FN5O7S. The van der Waals surface area contributed by atoms with E-state index in [1.165, 1.54) is 15.9 Å². The van der Waals surface area contributed by atoms with Gasteiger partial charge in [-0.05, 0) is 68.5 Å². The minimum absolute atomic E-state index is 0.00818. The molecule has 274 valence electrons. The number of sulfonamides is 1. The first-order valence-electron chi connectivity index (χ1n) is 18.0. The lowest BCUT2D eigenvalue weighted by Gasteiger charge is -2.30. The summed E-state index contributed by atoms with van der Waals surface area (Å²) in [6.07, 6.45) is 8.22. The number of nitrogens with one attached hydrogen (secondary N) is 3. The largest absolute Gasteiger partial charge is 0.444 e. The van der Waals surface area contributed by atoms with Crippen molar-refractivity contribution in [2.45, 2.75) is 127 Å². The van der Waals surface area contributed by atoms with Gasteiger partial charge >= 0.3 is 6.09 Å². The van der Waals surface area contributed by atoms with Crippen molar-refractivity contribution in [2.75, 3.05) is 13.1 Å². The molecule has 3 N–H and O–H groups in total.